The Bertz CT molecular complexity index is 885. The van der Waals surface area contributed by atoms with E-state index in [2.05, 4.69) is 5.32 Å². The van der Waals surface area contributed by atoms with Gasteiger partial charge in [-0.2, -0.15) is 13.2 Å². The first-order chi connectivity index (χ1) is 12.7. The molecule has 0 saturated carbocycles. The van der Waals surface area contributed by atoms with Gasteiger partial charge in [-0.15, -0.1) is 0 Å². The van der Waals surface area contributed by atoms with Crippen LogP contribution in [0.15, 0.2) is 41.3 Å². The molecule has 1 fully saturated rings. The number of hydrogen-bond donors (Lipinski definition) is 2. The van der Waals surface area contributed by atoms with Gasteiger partial charge in [0.05, 0.1) is 11.0 Å². The van der Waals surface area contributed by atoms with Gasteiger partial charge in [-0.25, -0.2) is 4.39 Å². The van der Waals surface area contributed by atoms with Gasteiger partial charge in [-0.1, -0.05) is 12.1 Å². The van der Waals surface area contributed by atoms with E-state index in [0.717, 1.165) is 0 Å². The van der Waals surface area contributed by atoms with E-state index in [-0.39, 0.29) is 26.1 Å². The molecule has 0 radical (unpaired) electrons. The fourth-order valence-electron chi connectivity index (χ4n) is 3.12. The Balaban J connectivity index is 1.97. The first-order valence-corrected chi connectivity index (χ1v) is 8.17. The summed E-state index contributed by atoms with van der Waals surface area (Å²) in [4.78, 5) is 26.9. The number of amides is 1. The van der Waals surface area contributed by atoms with Crippen LogP contribution in [0.1, 0.15) is 24.0 Å². The third kappa shape index (κ3) is 3.87. The monoisotopic (exact) mass is 384 g/mol. The van der Waals surface area contributed by atoms with Gasteiger partial charge in [0.2, 0.25) is 5.91 Å². The van der Waals surface area contributed by atoms with E-state index in [1.807, 2.05) is 4.98 Å². The second-order valence-corrected chi connectivity index (χ2v) is 6.28. The standard InChI is InChI=1S/C18H16F4N2O3/c19-13-3-1-11(2-4-13)17(5-7-27-8-6-17)16(26)24-14-9-12(18(20,21)22)10-23-15(14)25/h1-4,9-10H,5-8H2,(H,23,25)(H,24,26). The number of H-pyrrole nitrogens is 1. The summed E-state index contributed by atoms with van der Waals surface area (Å²) < 4.78 is 57.2. The number of benzene rings is 1. The highest BCUT2D eigenvalue weighted by molar-refractivity contribution is 5.99. The van der Waals surface area contributed by atoms with Crippen LogP contribution in [0.5, 0.6) is 0 Å². The number of aromatic amines is 1. The molecule has 5 nitrogen and oxygen atoms in total. The van der Waals surface area contributed by atoms with Crippen molar-refractivity contribution in [3.05, 3.63) is 63.8 Å². The number of ether oxygens (including phenoxy) is 1. The van der Waals surface area contributed by atoms with Gasteiger partial charge >= 0.3 is 6.18 Å². The van der Waals surface area contributed by atoms with Crippen molar-refractivity contribution in [2.45, 2.75) is 24.4 Å². The summed E-state index contributed by atoms with van der Waals surface area (Å²) in [6.07, 6.45) is -3.62. The highest BCUT2D eigenvalue weighted by atomic mass is 19.4. The van der Waals surface area contributed by atoms with Crippen LogP contribution in [0.3, 0.4) is 0 Å². The number of anilines is 1. The van der Waals surface area contributed by atoms with Gasteiger partial charge in [-0.05, 0) is 36.6 Å². The molecule has 1 aliphatic heterocycles. The molecule has 2 aromatic rings. The Morgan fingerprint density at radius 3 is 2.37 bits per heavy atom. The van der Waals surface area contributed by atoms with Crippen molar-refractivity contribution >= 4 is 11.6 Å². The van der Waals surface area contributed by atoms with E-state index in [4.69, 9.17) is 4.74 Å². The fourth-order valence-corrected chi connectivity index (χ4v) is 3.12. The fraction of sp³-hybridized carbons (Fsp3) is 0.333. The van der Waals surface area contributed by atoms with Crippen LogP contribution in [0.25, 0.3) is 0 Å². The summed E-state index contributed by atoms with van der Waals surface area (Å²) in [5.41, 5.74) is -3.05. The van der Waals surface area contributed by atoms with E-state index in [1.165, 1.54) is 24.3 Å². The van der Waals surface area contributed by atoms with Gasteiger partial charge in [0, 0.05) is 19.4 Å². The van der Waals surface area contributed by atoms with E-state index in [9.17, 15) is 27.2 Å². The summed E-state index contributed by atoms with van der Waals surface area (Å²) in [6, 6.07) is 5.91. The molecule has 0 spiro atoms. The topological polar surface area (TPSA) is 71.2 Å². The van der Waals surface area contributed by atoms with Crippen LogP contribution in [-0.4, -0.2) is 24.1 Å². The number of hydrogen-bond acceptors (Lipinski definition) is 3. The molecule has 144 valence electrons. The number of rotatable bonds is 3. The maximum absolute atomic E-state index is 13.3. The smallest absolute Gasteiger partial charge is 0.381 e. The number of nitrogens with one attached hydrogen (secondary N) is 2. The van der Waals surface area contributed by atoms with Crippen molar-refractivity contribution in [1.29, 1.82) is 0 Å². The average molecular weight is 384 g/mol. The Kier molecular flexibility index (Phi) is 5.05. The molecule has 0 aliphatic carbocycles. The third-order valence-corrected chi connectivity index (χ3v) is 4.66. The predicted octanol–water partition coefficient (Wildman–Crippen LogP) is 3.22. The summed E-state index contributed by atoms with van der Waals surface area (Å²) in [7, 11) is 0. The van der Waals surface area contributed by atoms with Crippen LogP contribution in [0.2, 0.25) is 0 Å². The molecule has 0 atom stereocenters. The largest absolute Gasteiger partial charge is 0.417 e. The van der Waals surface area contributed by atoms with E-state index < -0.39 is 40.1 Å². The van der Waals surface area contributed by atoms with Gasteiger partial charge in [0.25, 0.3) is 5.56 Å². The van der Waals surface area contributed by atoms with Crippen molar-refractivity contribution in [1.82, 2.24) is 4.98 Å². The van der Waals surface area contributed by atoms with Crippen LogP contribution in [0, 0.1) is 5.82 Å². The maximum Gasteiger partial charge on any atom is 0.417 e. The Hall–Kier alpha value is -2.68. The molecular formula is C18H16F4N2O3. The minimum atomic E-state index is -4.67. The second-order valence-electron chi connectivity index (χ2n) is 6.28. The molecule has 2 N–H and O–H groups in total. The molecule has 27 heavy (non-hydrogen) atoms. The minimum Gasteiger partial charge on any atom is -0.381 e. The lowest BCUT2D eigenvalue weighted by Crippen LogP contribution is -2.45. The molecule has 1 aliphatic rings. The summed E-state index contributed by atoms with van der Waals surface area (Å²) in [5, 5.41) is 2.31. The van der Waals surface area contributed by atoms with E-state index >= 15 is 0 Å². The number of pyridine rings is 1. The normalized spacial score (nSPS) is 16.7. The van der Waals surface area contributed by atoms with Crippen LogP contribution in [-0.2, 0) is 21.1 Å². The Morgan fingerprint density at radius 1 is 1.15 bits per heavy atom. The van der Waals surface area contributed by atoms with Crippen molar-refractivity contribution in [2.24, 2.45) is 0 Å². The van der Waals surface area contributed by atoms with Crippen molar-refractivity contribution in [2.75, 3.05) is 18.5 Å². The lowest BCUT2D eigenvalue weighted by molar-refractivity contribution is -0.137. The van der Waals surface area contributed by atoms with Crippen LogP contribution >= 0.6 is 0 Å². The zero-order valence-corrected chi connectivity index (χ0v) is 14.0. The lowest BCUT2D eigenvalue weighted by atomic mass is 9.73. The van der Waals surface area contributed by atoms with E-state index in [0.29, 0.717) is 17.8 Å². The first-order valence-electron chi connectivity index (χ1n) is 8.17. The van der Waals surface area contributed by atoms with Crippen LogP contribution in [0.4, 0.5) is 23.2 Å². The highest BCUT2D eigenvalue weighted by Gasteiger charge is 2.42. The van der Waals surface area contributed by atoms with E-state index in [1.54, 1.807) is 0 Å². The quantitative estimate of drug-likeness (QED) is 0.799. The number of aromatic nitrogens is 1. The summed E-state index contributed by atoms with van der Waals surface area (Å²) >= 11 is 0. The Morgan fingerprint density at radius 2 is 1.78 bits per heavy atom. The van der Waals surface area contributed by atoms with Gasteiger partial charge in [-0.3, -0.25) is 9.59 Å². The van der Waals surface area contributed by atoms with Gasteiger partial charge in [0.15, 0.2) is 0 Å². The SMILES string of the molecule is O=C(Nc1cc(C(F)(F)F)c[nH]c1=O)C1(c2ccc(F)cc2)CCOCC1. The van der Waals surface area contributed by atoms with Crippen molar-refractivity contribution in [3.63, 3.8) is 0 Å². The average Bonchev–Trinajstić information content (AvgIpc) is 2.63. The molecule has 1 aromatic heterocycles. The third-order valence-electron chi connectivity index (χ3n) is 4.66. The molecule has 9 heteroatoms. The number of halogens is 4. The first kappa shape index (κ1) is 19.1. The lowest BCUT2D eigenvalue weighted by Gasteiger charge is -2.36. The summed E-state index contributed by atoms with van der Waals surface area (Å²) in [5.74, 6) is -1.11. The molecule has 2 heterocycles. The van der Waals surface area contributed by atoms with Crippen LogP contribution < -0.4 is 10.9 Å². The number of carbonyl (C=O) groups is 1. The van der Waals surface area contributed by atoms with Gasteiger partial charge in [0.1, 0.15) is 11.5 Å². The molecule has 0 bridgehead atoms. The number of alkyl halides is 3. The minimum absolute atomic E-state index is 0.251. The molecular weight excluding hydrogens is 368 g/mol. The van der Waals surface area contributed by atoms with Crippen molar-refractivity contribution in [3.8, 4) is 0 Å². The zero-order chi connectivity index (χ0) is 19.7. The predicted molar refractivity (Wildman–Crippen MR) is 88.8 cm³/mol. The van der Waals surface area contributed by atoms with Crippen molar-refractivity contribution < 1.29 is 27.1 Å². The van der Waals surface area contributed by atoms with Gasteiger partial charge < -0.3 is 15.0 Å². The maximum atomic E-state index is 13.3. The second kappa shape index (κ2) is 7.15. The molecule has 0 unspecified atom stereocenters. The summed E-state index contributed by atoms with van der Waals surface area (Å²) in [6.45, 7) is 0.507. The zero-order valence-electron chi connectivity index (χ0n) is 14.0. The Labute approximate surface area is 151 Å². The molecule has 1 aromatic carbocycles. The molecule has 1 amide bonds. The number of carbonyl (C=O) groups excluding carboxylic acids is 1. The highest BCUT2D eigenvalue weighted by Crippen LogP contribution is 2.36. The molecule has 1 saturated heterocycles. The molecule has 3 rings (SSSR count).